The summed E-state index contributed by atoms with van der Waals surface area (Å²) in [7, 11) is 0. The van der Waals surface area contributed by atoms with Gasteiger partial charge in [-0.05, 0) is 37.7 Å². The first-order valence-electron chi connectivity index (χ1n) is 8.26. The van der Waals surface area contributed by atoms with E-state index in [1.807, 2.05) is 0 Å². The van der Waals surface area contributed by atoms with Crippen LogP contribution in [-0.4, -0.2) is 51.8 Å². The van der Waals surface area contributed by atoms with E-state index in [4.69, 9.17) is 15.1 Å². The number of aliphatic hydroxyl groups is 2. The molecule has 1 aliphatic heterocycles. The molecule has 1 saturated carbocycles. The molecule has 9 nitrogen and oxygen atoms in total. The van der Waals surface area contributed by atoms with Gasteiger partial charge >= 0.3 is 5.97 Å². The lowest BCUT2D eigenvalue weighted by Crippen LogP contribution is -2.36. The van der Waals surface area contributed by atoms with Crippen molar-refractivity contribution in [2.75, 3.05) is 6.54 Å². The van der Waals surface area contributed by atoms with Crippen molar-refractivity contribution in [2.45, 2.75) is 44.8 Å². The Balaban J connectivity index is 1.70. The summed E-state index contributed by atoms with van der Waals surface area (Å²) >= 11 is 0. The summed E-state index contributed by atoms with van der Waals surface area (Å²) in [6, 6.07) is 0. The van der Waals surface area contributed by atoms with E-state index in [1.165, 1.54) is 0 Å². The molecule has 0 bridgehead atoms. The minimum atomic E-state index is -1.67. The summed E-state index contributed by atoms with van der Waals surface area (Å²) in [6.07, 6.45) is 3.01. The van der Waals surface area contributed by atoms with Crippen LogP contribution in [0.15, 0.2) is 12.2 Å². The lowest BCUT2D eigenvalue weighted by molar-refractivity contribution is -0.201. The largest absolute Gasteiger partial charge is 0.365 e. The SMILES string of the molecule is O=C(/C=C\C(O)O)NCC1CCC(C(=O)ON2C(=O)CCC2=O)CC1. The maximum Gasteiger partial charge on any atom is 0.336 e. The van der Waals surface area contributed by atoms with Gasteiger partial charge in [0.1, 0.15) is 0 Å². The van der Waals surface area contributed by atoms with Gasteiger partial charge in [-0.2, -0.15) is 0 Å². The molecule has 25 heavy (non-hydrogen) atoms. The maximum absolute atomic E-state index is 12.1. The third-order valence-corrected chi connectivity index (χ3v) is 4.35. The predicted octanol–water partition coefficient (Wildman–Crippen LogP) is -0.617. The smallest absolute Gasteiger partial charge is 0.336 e. The summed E-state index contributed by atoms with van der Waals surface area (Å²) in [5.41, 5.74) is 0. The van der Waals surface area contributed by atoms with E-state index in [2.05, 4.69) is 5.32 Å². The van der Waals surface area contributed by atoms with Crippen LogP contribution in [0.4, 0.5) is 0 Å². The zero-order valence-electron chi connectivity index (χ0n) is 13.7. The molecule has 9 heteroatoms. The zero-order chi connectivity index (χ0) is 18.4. The molecule has 1 aliphatic carbocycles. The number of nitrogens with one attached hydrogen (secondary N) is 1. The van der Waals surface area contributed by atoms with Gasteiger partial charge in [-0.3, -0.25) is 14.4 Å². The molecular formula is C16H22N2O7. The number of hydrogen-bond acceptors (Lipinski definition) is 7. The van der Waals surface area contributed by atoms with Crippen molar-refractivity contribution in [3.8, 4) is 0 Å². The van der Waals surface area contributed by atoms with Crippen LogP contribution in [0.1, 0.15) is 38.5 Å². The highest BCUT2D eigenvalue weighted by Gasteiger charge is 2.36. The molecule has 3 N–H and O–H groups in total. The number of carbonyl (C=O) groups is 4. The van der Waals surface area contributed by atoms with Gasteiger partial charge < -0.3 is 20.4 Å². The van der Waals surface area contributed by atoms with E-state index in [-0.39, 0.29) is 24.7 Å². The Hall–Kier alpha value is -2.26. The molecular weight excluding hydrogens is 332 g/mol. The summed E-state index contributed by atoms with van der Waals surface area (Å²) in [5, 5.41) is 20.5. The molecule has 0 aromatic rings. The van der Waals surface area contributed by atoms with Gasteiger partial charge in [0.15, 0.2) is 6.29 Å². The van der Waals surface area contributed by atoms with Crippen LogP contribution in [0.2, 0.25) is 0 Å². The molecule has 0 atom stereocenters. The van der Waals surface area contributed by atoms with Crippen LogP contribution in [0.25, 0.3) is 0 Å². The van der Waals surface area contributed by atoms with Crippen LogP contribution in [0, 0.1) is 11.8 Å². The fraction of sp³-hybridized carbons (Fsp3) is 0.625. The minimum Gasteiger partial charge on any atom is -0.365 e. The first-order valence-corrected chi connectivity index (χ1v) is 8.26. The van der Waals surface area contributed by atoms with Crippen molar-refractivity contribution in [3.05, 3.63) is 12.2 Å². The van der Waals surface area contributed by atoms with Gasteiger partial charge in [-0.15, -0.1) is 5.06 Å². The standard InChI is InChI=1S/C16H22N2O7/c19-12(5-8-15(22)23)17-9-10-1-3-11(4-2-10)16(24)25-18-13(20)6-7-14(18)21/h5,8,10-11,15,22-23H,1-4,6-7,9H2,(H,17,19)/b8-5-. The maximum atomic E-state index is 12.1. The Morgan fingerprint density at radius 1 is 1.16 bits per heavy atom. The Labute approximate surface area is 144 Å². The van der Waals surface area contributed by atoms with E-state index < -0.39 is 30.0 Å². The first kappa shape index (κ1) is 19.1. The van der Waals surface area contributed by atoms with Crippen LogP contribution in [-0.2, 0) is 24.0 Å². The molecule has 0 aromatic carbocycles. The van der Waals surface area contributed by atoms with E-state index in [0.717, 1.165) is 12.2 Å². The monoisotopic (exact) mass is 354 g/mol. The fourth-order valence-corrected chi connectivity index (χ4v) is 2.90. The van der Waals surface area contributed by atoms with E-state index in [1.54, 1.807) is 0 Å². The van der Waals surface area contributed by atoms with E-state index in [9.17, 15) is 19.2 Å². The topological polar surface area (TPSA) is 133 Å². The van der Waals surface area contributed by atoms with Crippen LogP contribution >= 0.6 is 0 Å². The molecule has 0 spiro atoms. The Morgan fingerprint density at radius 2 is 1.76 bits per heavy atom. The summed E-state index contributed by atoms with van der Waals surface area (Å²) in [4.78, 5) is 51.4. The van der Waals surface area contributed by atoms with Crippen molar-refractivity contribution in [1.82, 2.24) is 10.4 Å². The molecule has 1 saturated heterocycles. The van der Waals surface area contributed by atoms with Gasteiger partial charge in [-0.1, -0.05) is 0 Å². The van der Waals surface area contributed by atoms with Gasteiger partial charge in [0, 0.05) is 25.5 Å². The summed E-state index contributed by atoms with van der Waals surface area (Å²) < 4.78 is 0. The third-order valence-electron chi connectivity index (χ3n) is 4.35. The van der Waals surface area contributed by atoms with Crippen molar-refractivity contribution in [1.29, 1.82) is 0 Å². The normalized spacial score (nSPS) is 24.2. The van der Waals surface area contributed by atoms with Crippen molar-refractivity contribution < 1.29 is 34.2 Å². The average Bonchev–Trinajstić information content (AvgIpc) is 2.90. The average molecular weight is 354 g/mol. The zero-order valence-corrected chi connectivity index (χ0v) is 13.7. The number of hydroxylamine groups is 2. The van der Waals surface area contributed by atoms with Gasteiger partial charge in [0.05, 0.1) is 5.92 Å². The molecule has 2 fully saturated rings. The predicted molar refractivity (Wildman–Crippen MR) is 83.0 cm³/mol. The van der Waals surface area contributed by atoms with Crippen LogP contribution in [0.3, 0.4) is 0 Å². The summed E-state index contributed by atoms with van der Waals surface area (Å²) in [5.74, 6) is -2.12. The van der Waals surface area contributed by atoms with E-state index in [0.29, 0.717) is 37.3 Å². The molecule has 0 unspecified atom stereocenters. The summed E-state index contributed by atoms with van der Waals surface area (Å²) in [6.45, 7) is 0.426. The first-order chi connectivity index (χ1) is 11.9. The van der Waals surface area contributed by atoms with Gasteiger partial charge in [0.25, 0.3) is 11.8 Å². The van der Waals surface area contributed by atoms with E-state index >= 15 is 0 Å². The molecule has 3 amide bonds. The Morgan fingerprint density at radius 3 is 2.32 bits per heavy atom. The highest BCUT2D eigenvalue weighted by atomic mass is 16.7. The molecule has 138 valence electrons. The van der Waals surface area contributed by atoms with Crippen molar-refractivity contribution in [3.63, 3.8) is 0 Å². The Bertz CT molecular complexity index is 549. The minimum absolute atomic E-state index is 0.0697. The molecule has 0 radical (unpaired) electrons. The Kier molecular flexibility index (Phi) is 6.65. The number of imide groups is 1. The fourth-order valence-electron chi connectivity index (χ4n) is 2.90. The number of hydrogen-bond donors (Lipinski definition) is 3. The number of amides is 3. The second-order valence-electron chi connectivity index (χ2n) is 6.23. The number of carbonyl (C=O) groups excluding carboxylic acids is 4. The quantitative estimate of drug-likeness (QED) is 0.329. The number of rotatable bonds is 6. The second kappa shape index (κ2) is 8.72. The van der Waals surface area contributed by atoms with Crippen molar-refractivity contribution in [2.24, 2.45) is 11.8 Å². The van der Waals surface area contributed by atoms with Crippen LogP contribution in [0.5, 0.6) is 0 Å². The molecule has 2 rings (SSSR count). The van der Waals surface area contributed by atoms with Crippen molar-refractivity contribution >= 4 is 23.7 Å². The third kappa shape index (κ3) is 5.64. The molecule has 2 aliphatic rings. The van der Waals surface area contributed by atoms with Crippen LogP contribution < -0.4 is 5.32 Å². The molecule has 1 heterocycles. The lowest BCUT2D eigenvalue weighted by Gasteiger charge is -2.27. The van der Waals surface area contributed by atoms with Gasteiger partial charge in [-0.25, -0.2) is 4.79 Å². The number of aliphatic hydroxyl groups excluding tert-OH is 1. The number of nitrogens with zero attached hydrogens (tertiary/aromatic N) is 1. The highest BCUT2D eigenvalue weighted by Crippen LogP contribution is 2.30. The second-order valence-corrected chi connectivity index (χ2v) is 6.23. The lowest BCUT2D eigenvalue weighted by atomic mass is 9.82. The highest BCUT2D eigenvalue weighted by molar-refractivity contribution is 6.01. The molecule has 0 aromatic heterocycles. The van der Waals surface area contributed by atoms with Gasteiger partial charge in [0.2, 0.25) is 5.91 Å².